The van der Waals surface area contributed by atoms with Crippen LogP contribution in [-0.2, 0) is 9.53 Å². The maximum Gasteiger partial charge on any atom is 0.390 e. The standard InChI is InChI=1S/C10H17F3N2O2/c11-10(12,13)3-4-14-7-9(16)15-8-1-5-17-6-2-8/h8,14H,1-7H2,(H,15,16). The number of carbonyl (C=O) groups excluding carboxylic acids is 1. The monoisotopic (exact) mass is 254 g/mol. The molecule has 1 aliphatic heterocycles. The van der Waals surface area contributed by atoms with E-state index in [0.29, 0.717) is 13.2 Å². The minimum Gasteiger partial charge on any atom is -0.381 e. The summed E-state index contributed by atoms with van der Waals surface area (Å²) in [5.74, 6) is -0.265. The fraction of sp³-hybridized carbons (Fsp3) is 0.900. The van der Waals surface area contributed by atoms with Crippen LogP contribution in [0, 0.1) is 0 Å². The minimum atomic E-state index is -4.18. The van der Waals surface area contributed by atoms with Crippen LogP contribution in [0.15, 0.2) is 0 Å². The lowest BCUT2D eigenvalue weighted by atomic mass is 10.1. The molecule has 0 spiro atoms. The average molecular weight is 254 g/mol. The molecule has 0 bridgehead atoms. The van der Waals surface area contributed by atoms with Crippen LogP contribution in [0.4, 0.5) is 13.2 Å². The zero-order valence-corrected chi connectivity index (χ0v) is 9.48. The van der Waals surface area contributed by atoms with Crippen molar-refractivity contribution in [3.05, 3.63) is 0 Å². The van der Waals surface area contributed by atoms with E-state index in [0.717, 1.165) is 12.8 Å². The number of ether oxygens (including phenoxy) is 1. The summed E-state index contributed by atoms with van der Waals surface area (Å²) >= 11 is 0. The van der Waals surface area contributed by atoms with Gasteiger partial charge in [0.05, 0.1) is 13.0 Å². The molecule has 1 heterocycles. The number of hydrogen-bond donors (Lipinski definition) is 2. The van der Waals surface area contributed by atoms with Gasteiger partial charge >= 0.3 is 6.18 Å². The van der Waals surface area contributed by atoms with Crippen LogP contribution in [0.25, 0.3) is 0 Å². The van der Waals surface area contributed by atoms with Gasteiger partial charge in [-0.2, -0.15) is 13.2 Å². The highest BCUT2D eigenvalue weighted by Gasteiger charge is 2.26. The number of amides is 1. The number of halogens is 3. The Kier molecular flexibility index (Phi) is 5.70. The topological polar surface area (TPSA) is 50.4 Å². The molecule has 1 aliphatic rings. The zero-order chi connectivity index (χ0) is 12.7. The van der Waals surface area contributed by atoms with Crippen LogP contribution >= 0.6 is 0 Å². The summed E-state index contributed by atoms with van der Waals surface area (Å²) in [6.07, 6.45) is -3.58. The maximum absolute atomic E-state index is 11.8. The average Bonchev–Trinajstić information content (AvgIpc) is 2.25. The molecule has 0 aromatic carbocycles. The SMILES string of the molecule is O=C(CNCCC(F)(F)F)NC1CCOCC1. The number of nitrogens with one attached hydrogen (secondary N) is 2. The van der Waals surface area contributed by atoms with Crippen molar-refractivity contribution >= 4 is 5.91 Å². The smallest absolute Gasteiger partial charge is 0.381 e. The van der Waals surface area contributed by atoms with E-state index in [1.54, 1.807) is 0 Å². The van der Waals surface area contributed by atoms with E-state index >= 15 is 0 Å². The predicted molar refractivity (Wildman–Crippen MR) is 55.5 cm³/mol. The van der Waals surface area contributed by atoms with Crippen molar-refractivity contribution in [1.82, 2.24) is 10.6 Å². The maximum atomic E-state index is 11.8. The second kappa shape index (κ2) is 6.80. The van der Waals surface area contributed by atoms with E-state index in [2.05, 4.69) is 10.6 Å². The van der Waals surface area contributed by atoms with E-state index in [9.17, 15) is 18.0 Å². The van der Waals surface area contributed by atoms with Gasteiger partial charge in [0.2, 0.25) is 5.91 Å². The Morgan fingerprint density at radius 3 is 2.53 bits per heavy atom. The van der Waals surface area contributed by atoms with Crippen LogP contribution in [-0.4, -0.2) is 44.4 Å². The Bertz CT molecular complexity index is 240. The van der Waals surface area contributed by atoms with Gasteiger partial charge in [-0.15, -0.1) is 0 Å². The molecule has 0 atom stereocenters. The predicted octanol–water partition coefficient (Wildman–Crippen LogP) is 0.824. The molecule has 1 amide bonds. The molecule has 0 aromatic rings. The molecular weight excluding hydrogens is 237 g/mol. The molecule has 1 rings (SSSR count). The van der Waals surface area contributed by atoms with Crippen molar-refractivity contribution < 1.29 is 22.7 Å². The van der Waals surface area contributed by atoms with Crippen molar-refractivity contribution in [2.45, 2.75) is 31.5 Å². The molecule has 4 nitrogen and oxygen atoms in total. The van der Waals surface area contributed by atoms with Crippen LogP contribution in [0.5, 0.6) is 0 Å². The molecule has 100 valence electrons. The third kappa shape index (κ3) is 7.17. The summed E-state index contributed by atoms with van der Waals surface area (Å²) in [6, 6.07) is 0.0840. The fourth-order valence-electron chi connectivity index (χ4n) is 1.55. The highest BCUT2D eigenvalue weighted by atomic mass is 19.4. The minimum absolute atomic E-state index is 0.0760. The van der Waals surface area contributed by atoms with Crippen molar-refractivity contribution in [3.8, 4) is 0 Å². The molecule has 2 N–H and O–H groups in total. The van der Waals surface area contributed by atoms with E-state index in [1.165, 1.54) is 0 Å². The first-order chi connectivity index (χ1) is 7.97. The highest BCUT2D eigenvalue weighted by Crippen LogP contribution is 2.17. The first-order valence-corrected chi connectivity index (χ1v) is 5.62. The molecule has 0 aliphatic carbocycles. The molecule has 0 unspecified atom stereocenters. The summed E-state index contributed by atoms with van der Waals surface area (Å²) in [5.41, 5.74) is 0. The molecule has 1 saturated heterocycles. The largest absolute Gasteiger partial charge is 0.390 e. The lowest BCUT2D eigenvalue weighted by Crippen LogP contribution is -2.43. The van der Waals surface area contributed by atoms with Crippen LogP contribution in [0.3, 0.4) is 0 Å². The number of carbonyl (C=O) groups is 1. The summed E-state index contributed by atoms with van der Waals surface area (Å²) < 4.78 is 40.5. The first kappa shape index (κ1) is 14.2. The molecule has 1 fully saturated rings. The van der Waals surface area contributed by atoms with Gasteiger partial charge in [0.15, 0.2) is 0 Å². The van der Waals surface area contributed by atoms with Gasteiger partial charge < -0.3 is 15.4 Å². The van der Waals surface area contributed by atoms with Crippen molar-refractivity contribution in [2.75, 3.05) is 26.3 Å². The Hall–Kier alpha value is -0.820. The highest BCUT2D eigenvalue weighted by molar-refractivity contribution is 5.78. The van der Waals surface area contributed by atoms with Gasteiger partial charge in [-0.25, -0.2) is 0 Å². The molecule has 0 aromatic heterocycles. The van der Waals surface area contributed by atoms with Crippen LogP contribution in [0.2, 0.25) is 0 Å². The van der Waals surface area contributed by atoms with Gasteiger partial charge in [-0.3, -0.25) is 4.79 Å². The molecular formula is C10H17F3N2O2. The van der Waals surface area contributed by atoms with E-state index in [1.807, 2.05) is 0 Å². The number of hydrogen-bond acceptors (Lipinski definition) is 3. The van der Waals surface area contributed by atoms with E-state index in [-0.39, 0.29) is 25.0 Å². The Morgan fingerprint density at radius 1 is 1.29 bits per heavy atom. The van der Waals surface area contributed by atoms with Gasteiger partial charge in [0, 0.05) is 25.8 Å². The molecule has 0 saturated carbocycles. The summed E-state index contributed by atoms with van der Waals surface area (Å²) in [6.45, 7) is 0.928. The lowest BCUT2D eigenvalue weighted by molar-refractivity contribution is -0.134. The third-order valence-corrected chi connectivity index (χ3v) is 2.46. The van der Waals surface area contributed by atoms with E-state index < -0.39 is 12.6 Å². The summed E-state index contributed by atoms with van der Waals surface area (Å²) in [4.78, 5) is 11.3. The molecule has 7 heteroatoms. The lowest BCUT2D eigenvalue weighted by Gasteiger charge is -2.23. The summed E-state index contributed by atoms with van der Waals surface area (Å²) in [5, 5.41) is 5.22. The number of rotatable bonds is 5. The van der Waals surface area contributed by atoms with Crippen LogP contribution < -0.4 is 10.6 Å². The van der Waals surface area contributed by atoms with Gasteiger partial charge in [0.1, 0.15) is 0 Å². The molecule has 0 radical (unpaired) electrons. The van der Waals surface area contributed by atoms with Crippen LogP contribution in [0.1, 0.15) is 19.3 Å². The normalized spacial score (nSPS) is 18.1. The second-order valence-electron chi connectivity index (χ2n) is 4.00. The van der Waals surface area contributed by atoms with Gasteiger partial charge in [0.25, 0.3) is 0 Å². The fourth-order valence-corrected chi connectivity index (χ4v) is 1.55. The first-order valence-electron chi connectivity index (χ1n) is 5.62. The Balaban J connectivity index is 2.04. The zero-order valence-electron chi connectivity index (χ0n) is 9.48. The Labute approximate surface area is 97.9 Å². The molecule has 17 heavy (non-hydrogen) atoms. The number of alkyl halides is 3. The van der Waals surface area contributed by atoms with Crippen molar-refractivity contribution in [3.63, 3.8) is 0 Å². The Morgan fingerprint density at radius 2 is 1.94 bits per heavy atom. The second-order valence-corrected chi connectivity index (χ2v) is 4.00. The van der Waals surface area contributed by atoms with Crippen molar-refractivity contribution in [1.29, 1.82) is 0 Å². The third-order valence-electron chi connectivity index (χ3n) is 2.46. The van der Waals surface area contributed by atoms with Gasteiger partial charge in [-0.1, -0.05) is 0 Å². The van der Waals surface area contributed by atoms with Crippen molar-refractivity contribution in [2.24, 2.45) is 0 Å². The van der Waals surface area contributed by atoms with Gasteiger partial charge in [-0.05, 0) is 12.8 Å². The summed E-state index contributed by atoms with van der Waals surface area (Å²) in [7, 11) is 0. The quantitative estimate of drug-likeness (QED) is 0.714. The van der Waals surface area contributed by atoms with E-state index in [4.69, 9.17) is 4.74 Å².